The molecule has 0 aliphatic rings. The first-order chi connectivity index (χ1) is 8.63. The molecule has 0 aliphatic carbocycles. The zero-order valence-electron chi connectivity index (χ0n) is 10.6. The molecule has 0 spiro atoms. The zero-order valence-corrected chi connectivity index (χ0v) is 11.4. The van der Waals surface area contributed by atoms with Gasteiger partial charge in [-0.3, -0.25) is 0 Å². The molecule has 0 amide bonds. The minimum atomic E-state index is 0.310. The van der Waals surface area contributed by atoms with Gasteiger partial charge in [0.15, 0.2) is 0 Å². The van der Waals surface area contributed by atoms with Crippen molar-refractivity contribution in [3.8, 4) is 5.75 Å². The Labute approximate surface area is 112 Å². The molecule has 3 heteroatoms. The van der Waals surface area contributed by atoms with E-state index in [1.165, 1.54) is 10.5 Å². The summed E-state index contributed by atoms with van der Waals surface area (Å²) in [6, 6.07) is 15.8. The third-order valence-electron chi connectivity index (χ3n) is 2.45. The van der Waals surface area contributed by atoms with Crippen molar-refractivity contribution in [2.24, 2.45) is 0 Å². The molecule has 18 heavy (non-hydrogen) atoms. The van der Waals surface area contributed by atoms with Crippen LogP contribution in [0.4, 0.5) is 0 Å². The van der Waals surface area contributed by atoms with Crippen LogP contribution in [0.2, 0.25) is 0 Å². The molecule has 0 bridgehead atoms. The fourth-order valence-corrected chi connectivity index (χ4v) is 2.71. The third-order valence-corrected chi connectivity index (χ3v) is 3.43. The van der Waals surface area contributed by atoms with E-state index < -0.39 is 0 Å². The highest BCUT2D eigenvalue weighted by Gasteiger charge is 2.01. The minimum Gasteiger partial charge on any atom is -0.508 e. The predicted molar refractivity (Wildman–Crippen MR) is 76.1 cm³/mol. The van der Waals surface area contributed by atoms with E-state index in [1.54, 1.807) is 23.9 Å². The van der Waals surface area contributed by atoms with Gasteiger partial charge in [0.25, 0.3) is 0 Å². The molecule has 0 aromatic heterocycles. The van der Waals surface area contributed by atoms with Crippen LogP contribution in [0, 0.1) is 0 Å². The number of phenolic OH excluding ortho intramolecular Hbond substituents is 1. The molecule has 94 valence electrons. The van der Waals surface area contributed by atoms with Crippen LogP contribution in [-0.4, -0.2) is 24.1 Å². The van der Waals surface area contributed by atoms with Crippen LogP contribution in [0.5, 0.6) is 5.75 Å². The molecule has 0 fully saturated rings. The second-order valence-corrected chi connectivity index (χ2v) is 5.63. The van der Waals surface area contributed by atoms with Crippen molar-refractivity contribution in [1.29, 1.82) is 0 Å². The quantitative estimate of drug-likeness (QED) is 0.907. The van der Waals surface area contributed by atoms with Crippen LogP contribution in [0.15, 0.2) is 58.3 Å². The summed E-state index contributed by atoms with van der Waals surface area (Å²) in [5.41, 5.74) is 1.30. The van der Waals surface area contributed by atoms with Crippen molar-refractivity contribution >= 4 is 11.8 Å². The number of phenols is 1. The number of benzene rings is 2. The maximum atomic E-state index is 9.44. The lowest BCUT2D eigenvalue weighted by Gasteiger charge is -2.10. The second-order valence-electron chi connectivity index (χ2n) is 4.48. The second kappa shape index (κ2) is 5.94. The maximum Gasteiger partial charge on any atom is 0.116 e. The Morgan fingerprint density at radius 2 is 1.67 bits per heavy atom. The standard InChI is InChI=1S/C15H17NOS/c1-16(2)11-12-5-3-7-14(9-12)18-15-8-4-6-13(17)10-15/h3-10,17H,11H2,1-2H3. The van der Waals surface area contributed by atoms with Gasteiger partial charge >= 0.3 is 0 Å². The van der Waals surface area contributed by atoms with Gasteiger partial charge in [0, 0.05) is 16.3 Å². The summed E-state index contributed by atoms with van der Waals surface area (Å²) in [4.78, 5) is 4.40. The number of hydrogen-bond donors (Lipinski definition) is 1. The van der Waals surface area contributed by atoms with E-state index in [9.17, 15) is 5.11 Å². The molecule has 0 heterocycles. The Morgan fingerprint density at radius 3 is 2.33 bits per heavy atom. The SMILES string of the molecule is CN(C)Cc1cccc(Sc2cccc(O)c2)c1. The highest BCUT2D eigenvalue weighted by atomic mass is 32.2. The van der Waals surface area contributed by atoms with E-state index in [1.807, 2.05) is 12.1 Å². The smallest absolute Gasteiger partial charge is 0.116 e. The summed E-state index contributed by atoms with van der Waals surface area (Å²) in [7, 11) is 4.13. The van der Waals surface area contributed by atoms with Gasteiger partial charge in [0.05, 0.1) is 0 Å². The summed E-state index contributed by atoms with van der Waals surface area (Å²) in [6.45, 7) is 0.939. The topological polar surface area (TPSA) is 23.5 Å². The first-order valence-corrected chi connectivity index (χ1v) is 6.66. The Hall–Kier alpha value is -1.45. The fraction of sp³-hybridized carbons (Fsp3) is 0.200. The van der Waals surface area contributed by atoms with Gasteiger partial charge < -0.3 is 10.0 Å². The van der Waals surface area contributed by atoms with Crippen LogP contribution < -0.4 is 0 Å². The van der Waals surface area contributed by atoms with Gasteiger partial charge in [0.1, 0.15) is 5.75 Å². The highest BCUT2D eigenvalue weighted by Crippen LogP contribution is 2.30. The molecular weight excluding hydrogens is 242 g/mol. The Kier molecular flexibility index (Phi) is 4.28. The normalized spacial score (nSPS) is 10.8. The summed E-state index contributed by atoms with van der Waals surface area (Å²) in [5.74, 6) is 0.310. The molecule has 0 saturated heterocycles. The molecule has 2 aromatic rings. The van der Waals surface area contributed by atoms with E-state index >= 15 is 0 Å². The number of aromatic hydroxyl groups is 1. The first-order valence-electron chi connectivity index (χ1n) is 5.84. The van der Waals surface area contributed by atoms with Gasteiger partial charge in [-0.15, -0.1) is 0 Å². The minimum absolute atomic E-state index is 0.310. The van der Waals surface area contributed by atoms with Gasteiger partial charge in [-0.2, -0.15) is 0 Å². The monoisotopic (exact) mass is 259 g/mol. The molecular formula is C15H17NOS. The molecule has 0 aliphatic heterocycles. The van der Waals surface area contributed by atoms with E-state index in [0.29, 0.717) is 5.75 Å². The Morgan fingerprint density at radius 1 is 1.00 bits per heavy atom. The van der Waals surface area contributed by atoms with Crippen molar-refractivity contribution in [2.75, 3.05) is 14.1 Å². The number of hydrogen-bond acceptors (Lipinski definition) is 3. The van der Waals surface area contributed by atoms with Crippen molar-refractivity contribution < 1.29 is 5.11 Å². The average molecular weight is 259 g/mol. The van der Waals surface area contributed by atoms with Gasteiger partial charge in [0.2, 0.25) is 0 Å². The van der Waals surface area contributed by atoms with E-state index in [4.69, 9.17) is 0 Å². The first kappa shape index (κ1) is 13.0. The fourth-order valence-electron chi connectivity index (χ4n) is 1.76. The lowest BCUT2D eigenvalue weighted by atomic mass is 10.2. The lowest BCUT2D eigenvalue weighted by Crippen LogP contribution is -2.10. The molecule has 0 radical (unpaired) electrons. The van der Waals surface area contributed by atoms with Crippen molar-refractivity contribution in [1.82, 2.24) is 4.90 Å². The number of rotatable bonds is 4. The summed E-state index contributed by atoms with van der Waals surface area (Å²) in [6.07, 6.45) is 0. The van der Waals surface area contributed by atoms with E-state index in [0.717, 1.165) is 11.4 Å². The average Bonchev–Trinajstić information content (AvgIpc) is 2.28. The molecule has 0 unspecified atom stereocenters. The predicted octanol–water partition coefficient (Wildman–Crippen LogP) is 3.61. The van der Waals surface area contributed by atoms with Crippen molar-refractivity contribution in [2.45, 2.75) is 16.3 Å². The van der Waals surface area contributed by atoms with Crippen molar-refractivity contribution in [3.05, 3.63) is 54.1 Å². The molecule has 2 rings (SSSR count). The van der Waals surface area contributed by atoms with Crippen molar-refractivity contribution in [3.63, 3.8) is 0 Å². The third kappa shape index (κ3) is 3.79. The highest BCUT2D eigenvalue weighted by molar-refractivity contribution is 7.99. The Bertz CT molecular complexity index is 525. The molecule has 2 aromatic carbocycles. The van der Waals surface area contributed by atoms with E-state index in [2.05, 4.69) is 43.3 Å². The molecule has 0 saturated carbocycles. The summed E-state index contributed by atoms with van der Waals surface area (Å²) < 4.78 is 0. The maximum absolute atomic E-state index is 9.44. The zero-order chi connectivity index (χ0) is 13.0. The lowest BCUT2D eigenvalue weighted by molar-refractivity contribution is 0.402. The van der Waals surface area contributed by atoms with Crippen LogP contribution in [0.3, 0.4) is 0 Å². The van der Waals surface area contributed by atoms with E-state index in [-0.39, 0.29) is 0 Å². The largest absolute Gasteiger partial charge is 0.508 e. The van der Waals surface area contributed by atoms with Crippen LogP contribution in [0.25, 0.3) is 0 Å². The summed E-state index contributed by atoms with van der Waals surface area (Å²) in [5, 5.41) is 9.44. The van der Waals surface area contributed by atoms with Crippen LogP contribution in [-0.2, 0) is 6.54 Å². The van der Waals surface area contributed by atoms with Gasteiger partial charge in [-0.1, -0.05) is 30.0 Å². The van der Waals surface area contributed by atoms with Gasteiger partial charge in [-0.25, -0.2) is 0 Å². The molecule has 1 N–H and O–H groups in total. The molecule has 2 nitrogen and oxygen atoms in total. The number of nitrogens with zero attached hydrogens (tertiary/aromatic N) is 1. The summed E-state index contributed by atoms with van der Waals surface area (Å²) >= 11 is 1.66. The Balaban J connectivity index is 2.14. The van der Waals surface area contributed by atoms with Gasteiger partial charge in [-0.05, 0) is 50.0 Å². The molecule has 0 atom stereocenters. The van der Waals surface area contributed by atoms with Crippen LogP contribution in [0.1, 0.15) is 5.56 Å². The van der Waals surface area contributed by atoms with Crippen LogP contribution >= 0.6 is 11.8 Å².